The Morgan fingerprint density at radius 3 is 2.31 bits per heavy atom. The van der Waals surface area contributed by atoms with Crippen LogP contribution >= 0.6 is 0 Å². The van der Waals surface area contributed by atoms with Crippen molar-refractivity contribution in [2.45, 2.75) is 32.4 Å². The quantitative estimate of drug-likeness (QED) is 0.844. The van der Waals surface area contributed by atoms with Crippen molar-refractivity contribution >= 4 is 5.69 Å². The van der Waals surface area contributed by atoms with E-state index >= 15 is 0 Å². The number of benzene rings is 1. The number of aliphatic hydroxyl groups excluding tert-OH is 1. The lowest BCUT2D eigenvalue weighted by molar-refractivity contribution is 0.199. The topological polar surface area (TPSA) is 47.3 Å². The minimum absolute atomic E-state index is 0.197. The first-order valence-corrected chi connectivity index (χ1v) is 5.44. The van der Waals surface area contributed by atoms with Crippen LogP contribution in [0.4, 0.5) is 5.69 Å². The number of nitriles is 1. The number of rotatable bonds is 4. The van der Waals surface area contributed by atoms with Gasteiger partial charge >= 0.3 is 0 Å². The number of hydrogen-bond acceptors (Lipinski definition) is 3. The van der Waals surface area contributed by atoms with Crippen molar-refractivity contribution in [2.75, 3.05) is 11.9 Å². The van der Waals surface area contributed by atoms with Crippen LogP contribution in [0.15, 0.2) is 24.3 Å². The van der Waals surface area contributed by atoms with Crippen molar-refractivity contribution in [2.24, 2.45) is 0 Å². The van der Waals surface area contributed by atoms with E-state index in [2.05, 4.69) is 11.0 Å². The molecule has 0 aromatic heterocycles. The predicted molar refractivity (Wildman–Crippen MR) is 65.2 cm³/mol. The van der Waals surface area contributed by atoms with Crippen molar-refractivity contribution < 1.29 is 5.11 Å². The average molecular weight is 218 g/mol. The maximum Gasteiger partial charge on any atom is 0.0761 e. The van der Waals surface area contributed by atoms with E-state index in [0.717, 1.165) is 11.3 Å². The SMILES string of the molecule is CC(CC#N)N(C)c1ccc([C@H](C)O)cc1. The second-order valence-electron chi connectivity index (χ2n) is 4.09. The van der Waals surface area contributed by atoms with Crippen molar-refractivity contribution in [1.29, 1.82) is 5.26 Å². The molecule has 16 heavy (non-hydrogen) atoms. The molecule has 1 aromatic carbocycles. The number of nitrogens with zero attached hydrogens (tertiary/aromatic N) is 2. The molecule has 0 aliphatic carbocycles. The van der Waals surface area contributed by atoms with Gasteiger partial charge in [0.25, 0.3) is 0 Å². The molecule has 0 fully saturated rings. The van der Waals surface area contributed by atoms with Crippen LogP contribution in [0.25, 0.3) is 0 Å². The second-order valence-corrected chi connectivity index (χ2v) is 4.09. The van der Waals surface area contributed by atoms with Crippen LogP contribution in [-0.2, 0) is 0 Å². The van der Waals surface area contributed by atoms with Crippen molar-refractivity contribution in [3.63, 3.8) is 0 Å². The Morgan fingerprint density at radius 2 is 1.88 bits per heavy atom. The molecule has 0 amide bonds. The third-order valence-corrected chi connectivity index (χ3v) is 2.83. The molecule has 1 rings (SSSR count). The first-order valence-electron chi connectivity index (χ1n) is 5.44. The molecule has 0 saturated heterocycles. The molecule has 1 aromatic rings. The standard InChI is InChI=1S/C13H18N2O/c1-10(8-9-14)15(3)13-6-4-12(5-7-13)11(2)16/h4-7,10-11,16H,8H2,1-3H3/t10?,11-/m0/s1. The Balaban J connectivity index is 2.78. The van der Waals surface area contributed by atoms with Gasteiger partial charge in [0.05, 0.1) is 18.6 Å². The summed E-state index contributed by atoms with van der Waals surface area (Å²) in [5.41, 5.74) is 1.97. The molecule has 0 radical (unpaired) electrons. The summed E-state index contributed by atoms with van der Waals surface area (Å²) in [6, 6.07) is 10.1. The molecular formula is C13H18N2O. The van der Waals surface area contributed by atoms with Gasteiger partial charge in [0.15, 0.2) is 0 Å². The van der Waals surface area contributed by atoms with Gasteiger partial charge in [-0.15, -0.1) is 0 Å². The zero-order chi connectivity index (χ0) is 12.1. The van der Waals surface area contributed by atoms with E-state index in [-0.39, 0.29) is 6.04 Å². The van der Waals surface area contributed by atoms with Gasteiger partial charge in [0.2, 0.25) is 0 Å². The average Bonchev–Trinajstić information content (AvgIpc) is 2.28. The molecule has 1 N–H and O–H groups in total. The number of anilines is 1. The normalized spacial score (nSPS) is 13.9. The first-order chi connectivity index (χ1) is 7.56. The molecule has 0 aliphatic heterocycles. The zero-order valence-corrected chi connectivity index (χ0v) is 10.0. The maximum absolute atomic E-state index is 9.39. The molecule has 0 spiro atoms. The molecule has 1 unspecified atom stereocenters. The number of hydrogen-bond donors (Lipinski definition) is 1. The lowest BCUT2D eigenvalue weighted by Gasteiger charge is -2.25. The van der Waals surface area contributed by atoms with Crippen LogP contribution in [0.2, 0.25) is 0 Å². The zero-order valence-electron chi connectivity index (χ0n) is 10.0. The van der Waals surface area contributed by atoms with E-state index in [1.165, 1.54) is 0 Å². The van der Waals surface area contributed by atoms with Gasteiger partial charge in [-0.05, 0) is 31.5 Å². The molecule has 0 aliphatic rings. The van der Waals surface area contributed by atoms with Gasteiger partial charge in [0.1, 0.15) is 0 Å². The van der Waals surface area contributed by atoms with Crippen LogP contribution in [0.5, 0.6) is 0 Å². The van der Waals surface area contributed by atoms with Gasteiger partial charge in [-0.2, -0.15) is 5.26 Å². The summed E-state index contributed by atoms with van der Waals surface area (Å²) >= 11 is 0. The first kappa shape index (κ1) is 12.5. The maximum atomic E-state index is 9.39. The lowest BCUT2D eigenvalue weighted by atomic mass is 10.1. The van der Waals surface area contributed by atoms with Gasteiger partial charge < -0.3 is 10.0 Å². The van der Waals surface area contributed by atoms with Crippen LogP contribution < -0.4 is 4.90 Å². The molecule has 3 heteroatoms. The summed E-state index contributed by atoms with van der Waals surface area (Å²) in [7, 11) is 1.97. The summed E-state index contributed by atoms with van der Waals surface area (Å²) < 4.78 is 0. The van der Waals surface area contributed by atoms with E-state index in [0.29, 0.717) is 6.42 Å². The summed E-state index contributed by atoms with van der Waals surface area (Å²) in [6.45, 7) is 3.77. The molecule has 2 atom stereocenters. The highest BCUT2D eigenvalue weighted by atomic mass is 16.3. The fraction of sp³-hybridized carbons (Fsp3) is 0.462. The Labute approximate surface area is 96.9 Å². The van der Waals surface area contributed by atoms with Crippen LogP contribution in [0, 0.1) is 11.3 Å². The Hall–Kier alpha value is -1.53. The molecule has 86 valence electrons. The summed E-state index contributed by atoms with van der Waals surface area (Å²) in [6.07, 6.45) is 0.0742. The fourth-order valence-corrected chi connectivity index (χ4v) is 1.51. The third kappa shape index (κ3) is 2.98. The van der Waals surface area contributed by atoms with E-state index in [1.807, 2.05) is 38.2 Å². The number of aliphatic hydroxyl groups is 1. The minimum Gasteiger partial charge on any atom is -0.389 e. The van der Waals surface area contributed by atoms with E-state index < -0.39 is 6.10 Å². The van der Waals surface area contributed by atoms with Gasteiger partial charge in [-0.3, -0.25) is 0 Å². The second kappa shape index (κ2) is 5.53. The summed E-state index contributed by atoms with van der Waals surface area (Å²) in [5.74, 6) is 0. The highest BCUT2D eigenvalue weighted by Crippen LogP contribution is 2.20. The van der Waals surface area contributed by atoms with Crippen LogP contribution in [0.3, 0.4) is 0 Å². The third-order valence-electron chi connectivity index (χ3n) is 2.83. The van der Waals surface area contributed by atoms with E-state index in [9.17, 15) is 5.11 Å². The van der Waals surface area contributed by atoms with Crippen LogP contribution in [-0.4, -0.2) is 18.2 Å². The fourth-order valence-electron chi connectivity index (χ4n) is 1.51. The molecule has 0 saturated carbocycles. The van der Waals surface area contributed by atoms with Gasteiger partial charge in [0, 0.05) is 18.8 Å². The molecule has 0 bridgehead atoms. The summed E-state index contributed by atoms with van der Waals surface area (Å²) in [5, 5.41) is 18.0. The Kier molecular flexibility index (Phi) is 4.33. The molecular weight excluding hydrogens is 200 g/mol. The van der Waals surface area contributed by atoms with Gasteiger partial charge in [-0.25, -0.2) is 0 Å². The Bertz CT molecular complexity index is 365. The summed E-state index contributed by atoms with van der Waals surface area (Å²) in [4.78, 5) is 2.06. The van der Waals surface area contributed by atoms with Gasteiger partial charge in [-0.1, -0.05) is 12.1 Å². The Morgan fingerprint density at radius 1 is 1.31 bits per heavy atom. The van der Waals surface area contributed by atoms with Crippen molar-refractivity contribution in [3.8, 4) is 6.07 Å². The predicted octanol–water partition coefficient (Wildman–Crippen LogP) is 2.48. The smallest absolute Gasteiger partial charge is 0.0761 e. The van der Waals surface area contributed by atoms with Crippen molar-refractivity contribution in [1.82, 2.24) is 0 Å². The minimum atomic E-state index is -0.434. The highest BCUT2D eigenvalue weighted by Gasteiger charge is 2.09. The van der Waals surface area contributed by atoms with Crippen LogP contribution in [0.1, 0.15) is 31.9 Å². The van der Waals surface area contributed by atoms with E-state index in [1.54, 1.807) is 6.92 Å². The lowest BCUT2D eigenvalue weighted by Crippen LogP contribution is -2.28. The molecule has 0 heterocycles. The monoisotopic (exact) mass is 218 g/mol. The molecule has 3 nitrogen and oxygen atoms in total. The van der Waals surface area contributed by atoms with E-state index in [4.69, 9.17) is 5.26 Å². The largest absolute Gasteiger partial charge is 0.389 e. The highest BCUT2D eigenvalue weighted by molar-refractivity contribution is 5.48. The van der Waals surface area contributed by atoms with Crippen molar-refractivity contribution in [3.05, 3.63) is 29.8 Å².